The molecule has 4 heteroatoms. The van der Waals surface area contributed by atoms with Crippen molar-refractivity contribution in [1.29, 1.82) is 0 Å². The Labute approximate surface area is 336 Å². The summed E-state index contributed by atoms with van der Waals surface area (Å²) in [5.41, 5.74) is 8.83. The van der Waals surface area contributed by atoms with Crippen LogP contribution < -0.4 is 0 Å². The van der Waals surface area contributed by atoms with Gasteiger partial charge in [0.05, 0.1) is 27.5 Å². The van der Waals surface area contributed by atoms with Crippen molar-refractivity contribution in [2.24, 2.45) is 0 Å². The van der Waals surface area contributed by atoms with Crippen molar-refractivity contribution in [3.05, 3.63) is 218 Å². The predicted molar refractivity (Wildman–Crippen MR) is 242 cm³/mol. The van der Waals surface area contributed by atoms with Gasteiger partial charge in [0.15, 0.2) is 0 Å². The van der Waals surface area contributed by atoms with Crippen LogP contribution in [0, 0.1) is 0 Å². The van der Waals surface area contributed by atoms with Crippen LogP contribution in [-0.4, -0.2) is 9.13 Å². The van der Waals surface area contributed by atoms with Gasteiger partial charge in [-0.2, -0.15) is 0 Å². The van der Waals surface area contributed by atoms with Gasteiger partial charge < -0.3 is 13.6 Å². The van der Waals surface area contributed by atoms with Crippen LogP contribution in [0.25, 0.3) is 76.9 Å². The highest BCUT2D eigenvalue weighted by Crippen LogP contribution is 2.73. The lowest BCUT2D eigenvalue weighted by Crippen LogP contribution is -2.06. The summed E-state index contributed by atoms with van der Waals surface area (Å²) in [7, 11) is -1.94. The molecule has 274 valence electrons. The zero-order chi connectivity index (χ0) is 38.2. The summed E-state index contributed by atoms with van der Waals surface area (Å²) in [5.74, 6) is 0. The van der Waals surface area contributed by atoms with E-state index >= 15 is 0 Å². The monoisotopic (exact) mass is 760 g/mol. The molecule has 0 amide bonds. The van der Waals surface area contributed by atoms with E-state index in [-0.39, 0.29) is 0 Å². The van der Waals surface area contributed by atoms with E-state index in [1.54, 1.807) is 0 Å². The molecule has 0 unspecified atom stereocenters. The molecule has 0 saturated carbocycles. The summed E-state index contributed by atoms with van der Waals surface area (Å²) in [5, 5.41) is 7.25. The number of hydrogen-bond donors (Lipinski definition) is 0. The second-order valence-corrected chi connectivity index (χ2v) is 18.0. The molecular weight excluding hydrogens is 725 g/mol. The van der Waals surface area contributed by atoms with Crippen LogP contribution in [-0.2, 0) is 0 Å². The third-order valence-electron chi connectivity index (χ3n) is 11.8. The fraction of sp³-hybridized carbons (Fsp3) is 0. The van der Waals surface area contributed by atoms with E-state index in [4.69, 9.17) is 4.42 Å². The molecule has 9 aromatic carbocycles. The Morgan fingerprint density at radius 2 is 0.707 bits per heavy atom. The first-order valence-corrected chi connectivity index (χ1v) is 21.4. The number of para-hydroxylation sites is 4. The number of furan rings is 1. The summed E-state index contributed by atoms with van der Waals surface area (Å²) in [6, 6.07) is 79.9. The highest BCUT2D eigenvalue weighted by atomic mass is 32.3. The summed E-state index contributed by atoms with van der Waals surface area (Å²) in [6.07, 6.45) is 0. The quantitative estimate of drug-likeness (QED) is 0.166. The third-order valence-corrected chi connectivity index (χ3v) is 15.8. The van der Waals surface area contributed by atoms with Crippen molar-refractivity contribution < 1.29 is 4.42 Å². The first-order chi connectivity index (χ1) is 28.8. The van der Waals surface area contributed by atoms with Crippen LogP contribution in [0.3, 0.4) is 0 Å². The Morgan fingerprint density at radius 3 is 1.26 bits per heavy atom. The molecule has 0 aliphatic rings. The van der Waals surface area contributed by atoms with Gasteiger partial charge in [0.1, 0.15) is 11.2 Å². The molecule has 3 heterocycles. The highest BCUT2D eigenvalue weighted by Gasteiger charge is 2.33. The number of aromatic nitrogens is 2. The van der Waals surface area contributed by atoms with Crippen molar-refractivity contribution in [2.45, 2.75) is 19.6 Å². The Bertz CT molecular complexity index is 3390. The van der Waals surface area contributed by atoms with Crippen LogP contribution >= 0.6 is 10.0 Å². The van der Waals surface area contributed by atoms with Crippen LogP contribution in [0.5, 0.6) is 0 Å². The normalized spacial score (nSPS) is 12.4. The molecule has 0 atom stereocenters. The van der Waals surface area contributed by atoms with E-state index in [1.807, 2.05) is 6.07 Å². The molecule has 0 N–H and O–H groups in total. The van der Waals surface area contributed by atoms with E-state index in [2.05, 4.69) is 221 Å². The molecule has 0 radical (unpaired) electrons. The number of fused-ring (bicyclic) bond motifs is 10. The van der Waals surface area contributed by atoms with Gasteiger partial charge in [0.2, 0.25) is 0 Å². The van der Waals surface area contributed by atoms with Gasteiger partial charge in [-0.25, -0.2) is 0 Å². The average molecular weight is 761 g/mol. The van der Waals surface area contributed by atoms with Gasteiger partial charge in [-0.15, -0.1) is 10.0 Å². The summed E-state index contributed by atoms with van der Waals surface area (Å²) in [4.78, 5) is 5.15. The lowest BCUT2D eigenvalue weighted by atomic mass is 10.1. The van der Waals surface area contributed by atoms with E-state index < -0.39 is 10.0 Å². The van der Waals surface area contributed by atoms with Crippen LogP contribution in [0.1, 0.15) is 0 Å². The molecular formula is C54H36N2OS. The fourth-order valence-electron chi connectivity index (χ4n) is 9.40. The highest BCUT2D eigenvalue weighted by molar-refractivity contribution is 8.34. The summed E-state index contributed by atoms with van der Waals surface area (Å²) >= 11 is 0. The largest absolute Gasteiger partial charge is 0.456 e. The van der Waals surface area contributed by atoms with Crippen LogP contribution in [0.4, 0.5) is 0 Å². The van der Waals surface area contributed by atoms with Crippen molar-refractivity contribution >= 4 is 75.6 Å². The first kappa shape index (κ1) is 32.9. The van der Waals surface area contributed by atoms with Gasteiger partial charge in [-0.05, 0) is 109 Å². The summed E-state index contributed by atoms with van der Waals surface area (Å²) in [6.45, 7) is 0. The fourth-order valence-corrected chi connectivity index (χ4v) is 13.3. The molecule has 3 nitrogen and oxygen atoms in total. The minimum absolute atomic E-state index is 0.898. The Morgan fingerprint density at radius 1 is 0.293 bits per heavy atom. The topological polar surface area (TPSA) is 23.0 Å². The summed E-state index contributed by atoms with van der Waals surface area (Å²) < 4.78 is 11.3. The van der Waals surface area contributed by atoms with Gasteiger partial charge >= 0.3 is 0 Å². The molecule has 3 aromatic heterocycles. The van der Waals surface area contributed by atoms with E-state index in [0.29, 0.717) is 0 Å². The second-order valence-electron chi connectivity index (χ2n) is 14.9. The zero-order valence-corrected chi connectivity index (χ0v) is 32.3. The van der Waals surface area contributed by atoms with Crippen LogP contribution in [0.15, 0.2) is 242 Å². The number of hydrogen-bond acceptors (Lipinski definition) is 1. The number of benzene rings is 9. The molecule has 0 spiro atoms. The maximum Gasteiger partial charge on any atom is 0.137 e. The van der Waals surface area contributed by atoms with Crippen molar-refractivity contribution in [2.75, 3.05) is 0 Å². The maximum absolute atomic E-state index is 6.42. The van der Waals surface area contributed by atoms with Crippen molar-refractivity contribution in [3.8, 4) is 11.4 Å². The Balaban J connectivity index is 1.09. The van der Waals surface area contributed by atoms with Crippen molar-refractivity contribution in [3.63, 3.8) is 0 Å². The first-order valence-electron chi connectivity index (χ1n) is 19.8. The smallest absolute Gasteiger partial charge is 0.137 e. The molecule has 12 aromatic rings. The van der Waals surface area contributed by atoms with Gasteiger partial charge in [0, 0.05) is 57.9 Å². The number of nitrogens with zero attached hydrogens (tertiary/aromatic N) is 2. The molecule has 0 bridgehead atoms. The SMILES string of the molecule is c1ccc(S(c2ccccc2)(c2ccc(-n3c4ccccc4c4ccccc43)cc2)c2ccc(-n3c4ccccc4c4ccc5oc6ccccc6c5c43)cc2)cc1. The van der Waals surface area contributed by atoms with E-state index in [0.717, 1.165) is 33.3 Å². The molecule has 0 saturated heterocycles. The molecule has 0 fully saturated rings. The zero-order valence-electron chi connectivity index (χ0n) is 31.5. The minimum Gasteiger partial charge on any atom is -0.456 e. The molecule has 58 heavy (non-hydrogen) atoms. The molecule has 0 aliphatic heterocycles. The van der Waals surface area contributed by atoms with E-state index in [1.165, 1.54) is 63.2 Å². The lowest BCUT2D eigenvalue weighted by molar-refractivity contribution is 0.669. The van der Waals surface area contributed by atoms with E-state index in [9.17, 15) is 0 Å². The predicted octanol–water partition coefficient (Wildman–Crippen LogP) is 15.1. The van der Waals surface area contributed by atoms with Gasteiger partial charge in [-0.3, -0.25) is 0 Å². The third kappa shape index (κ3) is 4.70. The lowest BCUT2D eigenvalue weighted by Gasteiger charge is -2.42. The second kappa shape index (κ2) is 12.9. The van der Waals surface area contributed by atoms with Crippen LogP contribution in [0.2, 0.25) is 0 Å². The standard InChI is InChI=1S/C54H36N2OS/c1-3-15-39(16-4-1)58(40-17-5-2-6-18-40,41-31-27-37(28-32-41)55-48-23-11-7-19-43(48)44-20-8-12-24-49(44)55)42-33-29-38(30-34-42)56-50-25-13-9-21-45(50)46-35-36-52-53(54(46)56)47-22-10-14-26-51(47)57-52/h1-36H. The minimum atomic E-state index is -1.94. The Hall–Kier alpha value is -7.27. The van der Waals surface area contributed by atoms with Gasteiger partial charge in [-0.1, -0.05) is 109 Å². The maximum atomic E-state index is 6.42. The van der Waals surface area contributed by atoms with Gasteiger partial charge in [0.25, 0.3) is 0 Å². The molecule has 12 rings (SSSR count). The average Bonchev–Trinajstić information content (AvgIpc) is 3.96. The molecule has 0 aliphatic carbocycles. The van der Waals surface area contributed by atoms with Crippen molar-refractivity contribution in [1.82, 2.24) is 9.13 Å². The Kier molecular flexibility index (Phi) is 7.31. The number of rotatable bonds is 6.